The van der Waals surface area contributed by atoms with Crippen LogP contribution in [0.2, 0.25) is 0 Å². The topological polar surface area (TPSA) is 55.6 Å². The van der Waals surface area contributed by atoms with Gasteiger partial charge >= 0.3 is 0 Å². The largest absolute Gasteiger partial charge is 0.497 e. The summed E-state index contributed by atoms with van der Waals surface area (Å²) in [6.07, 6.45) is 1.76. The molecule has 0 aliphatic rings. The molecule has 2 heterocycles. The van der Waals surface area contributed by atoms with Crippen molar-refractivity contribution in [3.8, 4) is 5.75 Å². The summed E-state index contributed by atoms with van der Waals surface area (Å²) in [5.41, 5.74) is 3.31. The first-order valence-corrected chi connectivity index (χ1v) is 6.65. The Morgan fingerprint density at radius 1 is 1.24 bits per heavy atom. The van der Waals surface area contributed by atoms with Gasteiger partial charge in [-0.05, 0) is 30.3 Å². The molecule has 2 aromatic carbocycles. The lowest BCUT2D eigenvalue weighted by atomic mass is 10.1. The summed E-state index contributed by atoms with van der Waals surface area (Å²) >= 11 is 0. The molecule has 104 valence electrons. The normalized spacial score (nSPS) is 11.5. The lowest BCUT2D eigenvalue weighted by Crippen LogP contribution is -2.08. The summed E-state index contributed by atoms with van der Waals surface area (Å²) in [4.78, 5) is 17.3. The molecule has 5 heteroatoms. The second kappa shape index (κ2) is 4.09. The van der Waals surface area contributed by atoms with E-state index >= 15 is 0 Å². The summed E-state index contributed by atoms with van der Waals surface area (Å²) in [6.45, 7) is 0. The summed E-state index contributed by atoms with van der Waals surface area (Å²) in [6, 6.07) is 9.33. The first kappa shape index (κ1) is 12.0. The van der Waals surface area contributed by atoms with Crippen molar-refractivity contribution in [3.05, 3.63) is 46.9 Å². The zero-order valence-corrected chi connectivity index (χ0v) is 11.7. The van der Waals surface area contributed by atoms with Gasteiger partial charge < -0.3 is 10.1 Å². The number of aromatic nitrogens is 2. The fraction of sp³-hybridized carbons (Fsp3) is 0.125. The van der Waals surface area contributed by atoms with Crippen molar-refractivity contribution in [2.75, 3.05) is 19.5 Å². The van der Waals surface area contributed by atoms with Crippen molar-refractivity contribution in [2.24, 2.45) is 0 Å². The second-order valence-electron chi connectivity index (χ2n) is 4.93. The SMILES string of the molecule is CNc1ccc2ncn3c4ccc(OC)cc4c(=O)c1c23. The monoisotopic (exact) mass is 279 g/mol. The van der Waals surface area contributed by atoms with Gasteiger partial charge in [-0.25, -0.2) is 4.98 Å². The predicted molar refractivity (Wildman–Crippen MR) is 83.8 cm³/mol. The van der Waals surface area contributed by atoms with Gasteiger partial charge in [-0.3, -0.25) is 9.20 Å². The molecule has 0 radical (unpaired) electrons. The van der Waals surface area contributed by atoms with Crippen molar-refractivity contribution in [3.63, 3.8) is 0 Å². The number of pyridine rings is 1. The van der Waals surface area contributed by atoms with E-state index in [2.05, 4.69) is 10.3 Å². The molecule has 0 bridgehead atoms. The van der Waals surface area contributed by atoms with Gasteiger partial charge in [0.2, 0.25) is 0 Å². The number of ether oxygens (including phenoxy) is 1. The van der Waals surface area contributed by atoms with Crippen molar-refractivity contribution in [1.82, 2.24) is 9.38 Å². The third-order valence-corrected chi connectivity index (χ3v) is 3.91. The van der Waals surface area contributed by atoms with Gasteiger partial charge in [0, 0.05) is 12.7 Å². The molecule has 0 amide bonds. The molecule has 0 saturated carbocycles. The summed E-state index contributed by atoms with van der Waals surface area (Å²) in [5, 5.41) is 4.38. The molecule has 1 N–H and O–H groups in total. The van der Waals surface area contributed by atoms with Crippen LogP contribution in [-0.2, 0) is 0 Å². The molecule has 0 aliphatic heterocycles. The van der Waals surface area contributed by atoms with Gasteiger partial charge in [-0.2, -0.15) is 0 Å². The zero-order chi connectivity index (χ0) is 14.6. The predicted octanol–water partition coefficient (Wildman–Crippen LogP) is 2.49. The minimum absolute atomic E-state index is 0.00755. The Morgan fingerprint density at radius 2 is 2.10 bits per heavy atom. The van der Waals surface area contributed by atoms with Crippen molar-refractivity contribution >= 4 is 33.0 Å². The van der Waals surface area contributed by atoms with Crippen molar-refractivity contribution in [1.29, 1.82) is 0 Å². The Morgan fingerprint density at radius 3 is 2.86 bits per heavy atom. The highest BCUT2D eigenvalue weighted by atomic mass is 16.5. The standard InChI is InChI=1S/C16H13N3O2/c1-17-11-4-5-12-15-14(11)16(20)10-7-9(21-2)3-6-13(10)19(15)8-18-12/h3-8,17H,1-2H3. The molecule has 0 atom stereocenters. The molecule has 0 fully saturated rings. The number of hydrogen-bond donors (Lipinski definition) is 1. The first-order chi connectivity index (χ1) is 10.2. The van der Waals surface area contributed by atoms with Crippen LogP contribution in [0.25, 0.3) is 27.3 Å². The molecular weight excluding hydrogens is 266 g/mol. The Bertz CT molecular complexity index is 1040. The number of methoxy groups -OCH3 is 1. The van der Waals surface area contributed by atoms with E-state index < -0.39 is 0 Å². The van der Waals surface area contributed by atoms with Crippen LogP contribution in [0.3, 0.4) is 0 Å². The van der Waals surface area contributed by atoms with E-state index in [-0.39, 0.29) is 5.43 Å². The number of benzene rings is 2. The van der Waals surface area contributed by atoms with E-state index in [1.165, 1.54) is 0 Å². The number of nitrogens with zero attached hydrogens (tertiary/aromatic N) is 2. The Labute approximate surface area is 120 Å². The lowest BCUT2D eigenvalue weighted by molar-refractivity contribution is 0.415. The molecule has 0 spiro atoms. The molecule has 0 aliphatic carbocycles. The molecule has 4 rings (SSSR count). The molecule has 4 aromatic rings. The van der Waals surface area contributed by atoms with Crippen molar-refractivity contribution in [2.45, 2.75) is 0 Å². The quantitative estimate of drug-likeness (QED) is 0.573. The molecular formula is C16H13N3O2. The van der Waals surface area contributed by atoms with E-state index in [0.29, 0.717) is 16.5 Å². The molecule has 5 nitrogen and oxygen atoms in total. The van der Waals surface area contributed by atoms with Crippen LogP contribution in [0.5, 0.6) is 5.75 Å². The minimum Gasteiger partial charge on any atom is -0.497 e. The zero-order valence-electron chi connectivity index (χ0n) is 11.7. The summed E-state index contributed by atoms with van der Waals surface area (Å²) in [7, 11) is 3.41. The van der Waals surface area contributed by atoms with E-state index in [1.807, 2.05) is 35.7 Å². The minimum atomic E-state index is -0.00755. The van der Waals surface area contributed by atoms with Crippen LogP contribution >= 0.6 is 0 Å². The number of rotatable bonds is 2. The number of hydrogen-bond acceptors (Lipinski definition) is 4. The highest BCUT2D eigenvalue weighted by Crippen LogP contribution is 2.29. The second-order valence-corrected chi connectivity index (χ2v) is 4.93. The van der Waals surface area contributed by atoms with Crippen LogP contribution < -0.4 is 15.5 Å². The van der Waals surface area contributed by atoms with Crippen LogP contribution in [0, 0.1) is 0 Å². The fourth-order valence-electron chi connectivity index (χ4n) is 2.90. The van der Waals surface area contributed by atoms with Crippen LogP contribution in [-0.4, -0.2) is 23.5 Å². The maximum Gasteiger partial charge on any atom is 0.199 e. The molecule has 0 unspecified atom stereocenters. The molecule has 2 aromatic heterocycles. The first-order valence-electron chi connectivity index (χ1n) is 6.65. The smallest absolute Gasteiger partial charge is 0.199 e. The van der Waals surface area contributed by atoms with Crippen LogP contribution in [0.15, 0.2) is 41.5 Å². The van der Waals surface area contributed by atoms with E-state index in [9.17, 15) is 4.79 Å². The number of fused-ring (bicyclic) bond motifs is 2. The van der Waals surface area contributed by atoms with Gasteiger partial charge in [0.1, 0.15) is 12.1 Å². The van der Waals surface area contributed by atoms with Crippen LogP contribution in [0.4, 0.5) is 5.69 Å². The lowest BCUT2D eigenvalue weighted by Gasteiger charge is -2.09. The van der Waals surface area contributed by atoms with Gasteiger partial charge in [-0.15, -0.1) is 0 Å². The average molecular weight is 279 g/mol. The van der Waals surface area contributed by atoms with Crippen LogP contribution in [0.1, 0.15) is 0 Å². The van der Waals surface area contributed by atoms with E-state index in [0.717, 1.165) is 22.2 Å². The van der Waals surface area contributed by atoms with Crippen molar-refractivity contribution < 1.29 is 4.74 Å². The highest BCUT2D eigenvalue weighted by Gasteiger charge is 2.16. The van der Waals surface area contributed by atoms with Gasteiger partial charge in [0.05, 0.1) is 34.4 Å². The number of imidazole rings is 1. The Kier molecular flexibility index (Phi) is 2.33. The summed E-state index contributed by atoms with van der Waals surface area (Å²) < 4.78 is 7.20. The van der Waals surface area contributed by atoms with Gasteiger partial charge in [0.15, 0.2) is 5.43 Å². The Hall–Kier alpha value is -2.82. The maximum absolute atomic E-state index is 12.9. The third-order valence-electron chi connectivity index (χ3n) is 3.91. The number of anilines is 1. The van der Waals surface area contributed by atoms with Gasteiger partial charge in [-0.1, -0.05) is 0 Å². The molecule has 21 heavy (non-hydrogen) atoms. The fourth-order valence-corrected chi connectivity index (χ4v) is 2.90. The average Bonchev–Trinajstić information content (AvgIpc) is 2.96. The Balaban J connectivity index is 2.35. The highest BCUT2D eigenvalue weighted by molar-refractivity contribution is 6.07. The van der Waals surface area contributed by atoms with E-state index in [1.54, 1.807) is 19.5 Å². The maximum atomic E-state index is 12.9. The summed E-state index contributed by atoms with van der Waals surface area (Å²) in [5.74, 6) is 0.670. The van der Waals surface area contributed by atoms with Gasteiger partial charge in [0.25, 0.3) is 0 Å². The molecule has 0 saturated heterocycles. The number of nitrogens with one attached hydrogen (secondary N) is 1. The third kappa shape index (κ3) is 1.45. The van der Waals surface area contributed by atoms with E-state index in [4.69, 9.17) is 4.74 Å².